The Hall–Kier alpha value is -1.71. The van der Waals surface area contributed by atoms with Crippen LogP contribution in [-0.4, -0.2) is 84.8 Å². The lowest BCUT2D eigenvalue weighted by molar-refractivity contribution is 0.00272. The van der Waals surface area contributed by atoms with Crippen LogP contribution in [0, 0.1) is 12.8 Å². The summed E-state index contributed by atoms with van der Waals surface area (Å²) in [5.74, 6) is 3.21. The second-order valence-electron chi connectivity index (χ2n) is 7.83. The Bertz CT molecular complexity index is 625. The Morgan fingerprint density at radius 2 is 1.93 bits per heavy atom. The third-order valence-electron chi connectivity index (χ3n) is 5.97. The molecule has 1 aliphatic heterocycles. The maximum absolute atomic E-state index is 5.57. The topological polar surface area (TPSA) is 88.8 Å². The molecule has 1 aromatic heterocycles. The van der Waals surface area contributed by atoms with Gasteiger partial charge in [0.15, 0.2) is 11.8 Å². The molecule has 1 unspecified atom stereocenters. The second-order valence-corrected chi connectivity index (χ2v) is 7.83. The molecule has 1 atom stereocenters. The Balaban J connectivity index is 2.04. The van der Waals surface area contributed by atoms with E-state index in [1.54, 1.807) is 7.11 Å². The van der Waals surface area contributed by atoms with Crippen molar-refractivity contribution in [1.82, 2.24) is 30.3 Å². The summed E-state index contributed by atoms with van der Waals surface area (Å²) in [7, 11) is 3.70. The van der Waals surface area contributed by atoms with E-state index >= 15 is 0 Å². The standard InChI is InChI=1S/C21H41N7O2/c1-6-18(7-2)19(28-10-13-30-14-11-28)15-23-21(22-9-8-12-29-5)24-16-20-26-25-17(3)27(20)4/h18-19H,6-16H2,1-5H3,(H2,22,23,24). The highest BCUT2D eigenvalue weighted by Gasteiger charge is 2.27. The molecule has 0 aliphatic carbocycles. The SMILES string of the molecule is CCC(CC)C(CNC(=NCc1nnc(C)n1C)NCCCOC)N1CCOCC1. The molecule has 1 saturated heterocycles. The minimum Gasteiger partial charge on any atom is -0.385 e. The van der Waals surface area contributed by atoms with Gasteiger partial charge in [0, 0.05) is 53.0 Å². The van der Waals surface area contributed by atoms with E-state index < -0.39 is 0 Å². The van der Waals surface area contributed by atoms with E-state index in [0.29, 0.717) is 18.5 Å². The van der Waals surface area contributed by atoms with Crippen molar-refractivity contribution in [2.75, 3.05) is 53.1 Å². The molecule has 0 radical (unpaired) electrons. The lowest BCUT2D eigenvalue weighted by Crippen LogP contribution is -2.53. The lowest BCUT2D eigenvalue weighted by Gasteiger charge is -2.39. The summed E-state index contributed by atoms with van der Waals surface area (Å²) in [6.45, 7) is 13.0. The predicted molar refractivity (Wildman–Crippen MR) is 120 cm³/mol. The number of morpholine rings is 1. The van der Waals surface area contributed by atoms with E-state index in [-0.39, 0.29) is 0 Å². The summed E-state index contributed by atoms with van der Waals surface area (Å²) in [5.41, 5.74) is 0. The molecule has 0 amide bonds. The van der Waals surface area contributed by atoms with Crippen molar-refractivity contribution >= 4 is 5.96 Å². The van der Waals surface area contributed by atoms with Crippen LogP contribution in [0.2, 0.25) is 0 Å². The van der Waals surface area contributed by atoms with Crippen molar-refractivity contribution in [1.29, 1.82) is 0 Å². The number of nitrogens with zero attached hydrogens (tertiary/aromatic N) is 5. The highest BCUT2D eigenvalue weighted by atomic mass is 16.5. The van der Waals surface area contributed by atoms with Gasteiger partial charge in [-0.3, -0.25) is 4.90 Å². The highest BCUT2D eigenvalue weighted by molar-refractivity contribution is 5.79. The Kier molecular flexibility index (Phi) is 11.1. The number of ether oxygens (including phenoxy) is 2. The van der Waals surface area contributed by atoms with Gasteiger partial charge in [0.05, 0.1) is 13.2 Å². The number of hydrogen-bond donors (Lipinski definition) is 2. The highest BCUT2D eigenvalue weighted by Crippen LogP contribution is 2.19. The first-order valence-corrected chi connectivity index (χ1v) is 11.3. The van der Waals surface area contributed by atoms with Gasteiger partial charge in [0.25, 0.3) is 0 Å². The van der Waals surface area contributed by atoms with Crippen LogP contribution in [0.15, 0.2) is 4.99 Å². The maximum atomic E-state index is 5.57. The number of hydrogen-bond acceptors (Lipinski definition) is 6. The van der Waals surface area contributed by atoms with Crippen molar-refractivity contribution in [2.45, 2.75) is 52.6 Å². The molecule has 172 valence electrons. The summed E-state index contributed by atoms with van der Waals surface area (Å²) in [5, 5.41) is 15.4. The fourth-order valence-electron chi connectivity index (χ4n) is 3.87. The zero-order valence-electron chi connectivity index (χ0n) is 19.5. The molecule has 1 aromatic rings. The summed E-state index contributed by atoms with van der Waals surface area (Å²) < 4.78 is 12.7. The van der Waals surface area contributed by atoms with E-state index in [4.69, 9.17) is 14.5 Å². The minimum absolute atomic E-state index is 0.465. The molecule has 1 aliphatic rings. The van der Waals surface area contributed by atoms with Crippen LogP contribution < -0.4 is 10.6 Å². The zero-order valence-corrected chi connectivity index (χ0v) is 19.5. The van der Waals surface area contributed by atoms with Crippen molar-refractivity contribution in [3.63, 3.8) is 0 Å². The lowest BCUT2D eigenvalue weighted by atomic mass is 9.92. The van der Waals surface area contributed by atoms with Crippen LogP contribution >= 0.6 is 0 Å². The summed E-state index contributed by atoms with van der Waals surface area (Å²) in [6, 6.07) is 0.465. The van der Waals surface area contributed by atoms with Crippen LogP contribution in [0.1, 0.15) is 44.8 Å². The second kappa shape index (κ2) is 13.6. The number of aromatic nitrogens is 3. The first-order chi connectivity index (χ1) is 14.6. The number of rotatable bonds is 12. The van der Waals surface area contributed by atoms with Crippen LogP contribution in [0.3, 0.4) is 0 Å². The molecule has 2 N–H and O–H groups in total. The van der Waals surface area contributed by atoms with Crippen molar-refractivity contribution < 1.29 is 9.47 Å². The molecule has 0 saturated carbocycles. The van der Waals surface area contributed by atoms with Crippen molar-refractivity contribution in [3.8, 4) is 0 Å². The van der Waals surface area contributed by atoms with Gasteiger partial charge in [0.2, 0.25) is 0 Å². The van der Waals surface area contributed by atoms with Crippen LogP contribution in [0.4, 0.5) is 0 Å². The first-order valence-electron chi connectivity index (χ1n) is 11.3. The molecule has 2 heterocycles. The van der Waals surface area contributed by atoms with Gasteiger partial charge in [-0.05, 0) is 19.3 Å². The average Bonchev–Trinajstić information content (AvgIpc) is 3.09. The zero-order chi connectivity index (χ0) is 21.8. The van der Waals surface area contributed by atoms with E-state index in [9.17, 15) is 0 Å². The van der Waals surface area contributed by atoms with Gasteiger partial charge in [-0.1, -0.05) is 26.7 Å². The molecule has 0 aromatic carbocycles. The van der Waals surface area contributed by atoms with E-state index in [2.05, 4.69) is 39.6 Å². The first kappa shape index (κ1) is 24.6. The van der Waals surface area contributed by atoms with E-state index in [1.807, 2.05) is 18.5 Å². The summed E-state index contributed by atoms with van der Waals surface area (Å²) >= 11 is 0. The molecule has 30 heavy (non-hydrogen) atoms. The van der Waals surface area contributed by atoms with Gasteiger partial charge in [-0.15, -0.1) is 10.2 Å². The maximum Gasteiger partial charge on any atom is 0.191 e. The molecular weight excluding hydrogens is 382 g/mol. The van der Waals surface area contributed by atoms with Gasteiger partial charge >= 0.3 is 0 Å². The van der Waals surface area contributed by atoms with Crippen LogP contribution in [0.5, 0.6) is 0 Å². The molecule has 9 nitrogen and oxygen atoms in total. The summed E-state index contributed by atoms with van der Waals surface area (Å²) in [6.07, 6.45) is 3.28. The number of aliphatic imine (C=N–C) groups is 1. The molecule has 0 bridgehead atoms. The molecule has 0 spiro atoms. The third kappa shape index (κ3) is 7.52. The van der Waals surface area contributed by atoms with Crippen molar-refractivity contribution in [2.24, 2.45) is 18.0 Å². The predicted octanol–water partition coefficient (Wildman–Crippen LogP) is 1.33. The van der Waals surface area contributed by atoms with E-state index in [0.717, 1.165) is 70.0 Å². The smallest absolute Gasteiger partial charge is 0.191 e. The Labute approximate surface area is 181 Å². The van der Waals surface area contributed by atoms with Gasteiger partial charge in [-0.25, -0.2) is 4.99 Å². The average molecular weight is 424 g/mol. The summed E-state index contributed by atoms with van der Waals surface area (Å²) in [4.78, 5) is 7.35. The largest absolute Gasteiger partial charge is 0.385 e. The van der Waals surface area contributed by atoms with Gasteiger partial charge in [-0.2, -0.15) is 0 Å². The molecule has 9 heteroatoms. The molecule has 1 fully saturated rings. The Morgan fingerprint density at radius 3 is 2.53 bits per heavy atom. The Morgan fingerprint density at radius 1 is 1.20 bits per heavy atom. The molecular formula is C21H41N7O2. The minimum atomic E-state index is 0.465. The third-order valence-corrected chi connectivity index (χ3v) is 5.97. The van der Waals surface area contributed by atoms with Gasteiger partial charge < -0.3 is 24.7 Å². The van der Waals surface area contributed by atoms with E-state index in [1.165, 1.54) is 12.8 Å². The normalized spacial score (nSPS) is 16.8. The quantitative estimate of drug-likeness (QED) is 0.298. The number of nitrogens with one attached hydrogen (secondary N) is 2. The number of aryl methyl sites for hydroxylation is 1. The fraction of sp³-hybridized carbons (Fsp3) is 0.857. The fourth-order valence-corrected chi connectivity index (χ4v) is 3.87. The monoisotopic (exact) mass is 423 g/mol. The number of methoxy groups -OCH3 is 1. The molecule has 2 rings (SSSR count). The van der Waals surface area contributed by atoms with Crippen LogP contribution in [0.25, 0.3) is 0 Å². The van der Waals surface area contributed by atoms with Crippen LogP contribution in [-0.2, 0) is 23.1 Å². The number of guanidine groups is 1. The van der Waals surface area contributed by atoms with Crippen molar-refractivity contribution in [3.05, 3.63) is 11.6 Å². The van der Waals surface area contributed by atoms with Gasteiger partial charge in [0.1, 0.15) is 12.4 Å².